The van der Waals surface area contributed by atoms with Crippen molar-refractivity contribution in [3.05, 3.63) is 0 Å². The van der Waals surface area contributed by atoms with Crippen LogP contribution in [0, 0.1) is 0 Å². The Bertz CT molecular complexity index is 341. The summed E-state index contributed by atoms with van der Waals surface area (Å²) in [6.07, 6.45) is -4.75. The number of amides is 1. The van der Waals surface area contributed by atoms with Crippen molar-refractivity contribution in [1.29, 1.82) is 0 Å². The van der Waals surface area contributed by atoms with Crippen LogP contribution < -0.4 is 0 Å². The zero-order valence-corrected chi connectivity index (χ0v) is 9.71. The van der Waals surface area contributed by atoms with E-state index in [1.807, 2.05) is 0 Å². The first kappa shape index (κ1) is 14.0. The number of hydrogen-bond acceptors (Lipinski definition) is 3. The van der Waals surface area contributed by atoms with Crippen LogP contribution in [0.25, 0.3) is 0 Å². The third-order valence-corrected chi connectivity index (χ3v) is 2.57. The van der Waals surface area contributed by atoms with E-state index in [0.29, 0.717) is 12.8 Å². The Labute approximate surface area is 97.1 Å². The number of halogens is 3. The highest BCUT2D eigenvalue weighted by Gasteiger charge is 2.62. The summed E-state index contributed by atoms with van der Waals surface area (Å²) in [6, 6.07) is 0. The minimum Gasteiger partial charge on any atom is -0.362 e. The predicted molar refractivity (Wildman–Crippen MR) is 55.1 cm³/mol. The fourth-order valence-corrected chi connectivity index (χ4v) is 1.68. The molecule has 0 spiro atoms. The average molecular weight is 252 g/mol. The van der Waals surface area contributed by atoms with Crippen LogP contribution in [0.1, 0.15) is 39.5 Å². The molecule has 0 aromatic heterocycles. The van der Waals surface area contributed by atoms with Gasteiger partial charge in [0.2, 0.25) is 5.91 Å². The van der Waals surface area contributed by atoms with E-state index in [-0.39, 0.29) is 17.1 Å². The first-order valence-electron chi connectivity index (χ1n) is 5.44. The molecule has 0 fully saturated rings. The second-order valence-electron chi connectivity index (χ2n) is 3.97. The summed E-state index contributed by atoms with van der Waals surface area (Å²) in [4.78, 5) is 11.4. The fraction of sp³-hybridized carbons (Fsp3) is 0.800. The third-order valence-electron chi connectivity index (χ3n) is 2.57. The van der Waals surface area contributed by atoms with E-state index in [1.54, 1.807) is 6.92 Å². The molecule has 1 N–H and O–H groups in total. The Balaban J connectivity index is 3.04. The van der Waals surface area contributed by atoms with Crippen molar-refractivity contribution in [3.63, 3.8) is 0 Å². The van der Waals surface area contributed by atoms with Crippen LogP contribution >= 0.6 is 0 Å². The lowest BCUT2D eigenvalue weighted by Crippen LogP contribution is -2.56. The van der Waals surface area contributed by atoms with Gasteiger partial charge in [0.05, 0.1) is 0 Å². The van der Waals surface area contributed by atoms with Gasteiger partial charge in [0.25, 0.3) is 5.72 Å². The Morgan fingerprint density at radius 2 is 2.12 bits per heavy atom. The van der Waals surface area contributed by atoms with Crippen molar-refractivity contribution in [2.45, 2.75) is 51.4 Å². The van der Waals surface area contributed by atoms with E-state index in [9.17, 15) is 23.1 Å². The zero-order valence-electron chi connectivity index (χ0n) is 9.71. The SMILES string of the molecule is CCCC1=NN(C(=O)CC)[C@@](O)(C(F)(F)F)C1. The molecule has 0 saturated heterocycles. The van der Waals surface area contributed by atoms with Crippen molar-refractivity contribution >= 4 is 11.6 Å². The lowest BCUT2D eigenvalue weighted by Gasteiger charge is -2.32. The molecule has 0 aromatic rings. The Morgan fingerprint density at radius 1 is 1.53 bits per heavy atom. The maximum absolute atomic E-state index is 12.8. The molecule has 0 saturated carbocycles. The van der Waals surface area contributed by atoms with Crippen molar-refractivity contribution in [2.24, 2.45) is 5.10 Å². The maximum Gasteiger partial charge on any atom is 0.438 e. The topological polar surface area (TPSA) is 52.9 Å². The molecular weight excluding hydrogens is 237 g/mol. The van der Waals surface area contributed by atoms with Gasteiger partial charge in [-0.05, 0) is 6.42 Å². The smallest absolute Gasteiger partial charge is 0.362 e. The molecule has 0 unspecified atom stereocenters. The van der Waals surface area contributed by atoms with E-state index >= 15 is 0 Å². The first-order valence-corrected chi connectivity index (χ1v) is 5.44. The number of alkyl halides is 3. The van der Waals surface area contributed by atoms with Crippen LogP contribution in [-0.4, -0.2) is 33.6 Å². The summed E-state index contributed by atoms with van der Waals surface area (Å²) in [5, 5.41) is 13.4. The summed E-state index contributed by atoms with van der Waals surface area (Å²) < 4.78 is 38.4. The number of hydrazone groups is 1. The molecule has 4 nitrogen and oxygen atoms in total. The standard InChI is InChI=1S/C10H15F3N2O2/c1-3-5-7-6-9(17,10(11,12)13)15(14-7)8(16)4-2/h17H,3-6H2,1-2H3/t9-/m0/s1. The molecule has 7 heteroatoms. The second kappa shape index (κ2) is 4.64. The summed E-state index contributed by atoms with van der Waals surface area (Å²) in [7, 11) is 0. The van der Waals surface area contributed by atoms with Gasteiger partial charge in [-0.15, -0.1) is 0 Å². The summed E-state index contributed by atoms with van der Waals surface area (Å²) in [6.45, 7) is 3.21. The lowest BCUT2D eigenvalue weighted by atomic mass is 10.0. The van der Waals surface area contributed by atoms with Gasteiger partial charge in [-0.2, -0.15) is 23.3 Å². The normalized spacial score (nSPS) is 25.1. The Morgan fingerprint density at radius 3 is 2.53 bits per heavy atom. The van der Waals surface area contributed by atoms with Gasteiger partial charge in [-0.3, -0.25) is 4.79 Å². The molecular formula is C10H15F3N2O2. The van der Waals surface area contributed by atoms with Crippen LogP contribution in [0.4, 0.5) is 13.2 Å². The van der Waals surface area contributed by atoms with E-state index < -0.39 is 24.2 Å². The molecule has 1 aliphatic heterocycles. The van der Waals surface area contributed by atoms with Crippen LogP contribution in [0.15, 0.2) is 5.10 Å². The van der Waals surface area contributed by atoms with Crippen molar-refractivity contribution in [1.82, 2.24) is 5.01 Å². The maximum atomic E-state index is 12.8. The van der Waals surface area contributed by atoms with E-state index in [0.717, 1.165) is 0 Å². The van der Waals surface area contributed by atoms with Crippen LogP contribution in [0.3, 0.4) is 0 Å². The first-order chi connectivity index (χ1) is 7.76. The molecule has 0 radical (unpaired) electrons. The molecule has 1 rings (SSSR count). The highest BCUT2D eigenvalue weighted by atomic mass is 19.4. The van der Waals surface area contributed by atoms with E-state index in [4.69, 9.17) is 0 Å². The summed E-state index contributed by atoms with van der Waals surface area (Å²) in [5.74, 6) is -0.837. The highest BCUT2D eigenvalue weighted by molar-refractivity contribution is 5.90. The number of carbonyl (C=O) groups is 1. The van der Waals surface area contributed by atoms with E-state index in [1.165, 1.54) is 6.92 Å². The number of nitrogens with zero attached hydrogens (tertiary/aromatic N) is 2. The van der Waals surface area contributed by atoms with Crippen molar-refractivity contribution in [3.8, 4) is 0 Å². The quantitative estimate of drug-likeness (QED) is 0.835. The second-order valence-corrected chi connectivity index (χ2v) is 3.97. The zero-order chi connectivity index (χ0) is 13.3. The van der Waals surface area contributed by atoms with Gasteiger partial charge >= 0.3 is 6.18 Å². The van der Waals surface area contributed by atoms with Crippen molar-refractivity contribution < 1.29 is 23.1 Å². The molecule has 98 valence electrons. The number of aliphatic hydroxyl groups is 1. The number of carbonyl (C=O) groups excluding carboxylic acids is 1. The minimum atomic E-state index is -4.91. The summed E-state index contributed by atoms with van der Waals surface area (Å²) in [5.41, 5.74) is -2.97. The lowest BCUT2D eigenvalue weighted by molar-refractivity contribution is -0.302. The van der Waals surface area contributed by atoms with Crippen LogP contribution in [0.2, 0.25) is 0 Å². The molecule has 0 aliphatic carbocycles. The third kappa shape index (κ3) is 2.43. The Kier molecular flexibility index (Phi) is 3.81. The van der Waals surface area contributed by atoms with Gasteiger partial charge < -0.3 is 5.11 Å². The average Bonchev–Trinajstić information content (AvgIpc) is 2.56. The predicted octanol–water partition coefficient (Wildman–Crippen LogP) is 2.04. The monoisotopic (exact) mass is 252 g/mol. The highest BCUT2D eigenvalue weighted by Crippen LogP contribution is 2.41. The van der Waals surface area contributed by atoms with Gasteiger partial charge in [0, 0.05) is 18.6 Å². The molecule has 0 bridgehead atoms. The van der Waals surface area contributed by atoms with Gasteiger partial charge in [0.1, 0.15) is 0 Å². The molecule has 0 aromatic carbocycles. The summed E-state index contributed by atoms with van der Waals surface area (Å²) >= 11 is 0. The fourth-order valence-electron chi connectivity index (χ4n) is 1.68. The molecule has 1 amide bonds. The Hall–Kier alpha value is -1.11. The molecule has 17 heavy (non-hydrogen) atoms. The van der Waals surface area contributed by atoms with Crippen LogP contribution in [-0.2, 0) is 4.79 Å². The molecule has 1 atom stereocenters. The minimum absolute atomic E-state index is 0.138. The van der Waals surface area contributed by atoms with Gasteiger partial charge in [0.15, 0.2) is 0 Å². The van der Waals surface area contributed by atoms with Crippen molar-refractivity contribution in [2.75, 3.05) is 0 Å². The molecule has 1 aliphatic rings. The number of hydrogen-bond donors (Lipinski definition) is 1. The largest absolute Gasteiger partial charge is 0.438 e. The van der Waals surface area contributed by atoms with Crippen LogP contribution in [0.5, 0.6) is 0 Å². The van der Waals surface area contributed by atoms with Gasteiger partial charge in [-0.25, -0.2) is 0 Å². The number of rotatable bonds is 3. The van der Waals surface area contributed by atoms with Gasteiger partial charge in [-0.1, -0.05) is 20.3 Å². The van der Waals surface area contributed by atoms with E-state index in [2.05, 4.69) is 5.10 Å². The molecule has 1 heterocycles.